The fourth-order valence-corrected chi connectivity index (χ4v) is 2.05. The third-order valence-corrected chi connectivity index (χ3v) is 3.09. The van der Waals surface area contributed by atoms with E-state index in [0.29, 0.717) is 6.54 Å². The number of piperidine rings is 1. The van der Waals surface area contributed by atoms with Crippen LogP contribution in [0, 0.1) is 17.2 Å². The summed E-state index contributed by atoms with van der Waals surface area (Å²) >= 11 is 0. The smallest absolute Gasteiger partial charge is 0.114 e. The number of nitriles is 1. The highest BCUT2D eigenvalue weighted by Crippen LogP contribution is 2.20. The molecule has 0 bridgehead atoms. The Labute approximate surface area is 86.9 Å². The van der Waals surface area contributed by atoms with Crippen molar-refractivity contribution in [3.05, 3.63) is 0 Å². The number of hydrogen-bond acceptors (Lipinski definition) is 3. The average Bonchev–Trinajstić information content (AvgIpc) is 2.19. The van der Waals surface area contributed by atoms with Crippen LogP contribution in [0.4, 0.5) is 0 Å². The first-order chi connectivity index (χ1) is 6.57. The van der Waals surface area contributed by atoms with Crippen LogP contribution in [0.25, 0.3) is 0 Å². The first kappa shape index (κ1) is 11.5. The van der Waals surface area contributed by atoms with Gasteiger partial charge in [-0.3, -0.25) is 0 Å². The zero-order valence-corrected chi connectivity index (χ0v) is 9.29. The lowest BCUT2D eigenvalue weighted by Crippen LogP contribution is -2.48. The van der Waals surface area contributed by atoms with Crippen molar-refractivity contribution < 1.29 is 0 Å². The summed E-state index contributed by atoms with van der Waals surface area (Å²) in [5, 5.41) is 8.82. The normalized spacial score (nSPS) is 24.1. The molecule has 1 fully saturated rings. The number of hydrogen-bond donors (Lipinski definition) is 1. The van der Waals surface area contributed by atoms with Gasteiger partial charge in [-0.15, -0.1) is 0 Å². The van der Waals surface area contributed by atoms with E-state index in [4.69, 9.17) is 11.0 Å². The molecule has 0 amide bonds. The maximum Gasteiger partial charge on any atom is 0.114 e. The molecule has 1 saturated heterocycles. The SMILES string of the molecule is CCC1CCN(CC(C)(N)C#N)CC1. The van der Waals surface area contributed by atoms with Gasteiger partial charge in [0.15, 0.2) is 0 Å². The zero-order valence-electron chi connectivity index (χ0n) is 9.29. The molecule has 0 aromatic heterocycles. The largest absolute Gasteiger partial charge is 0.313 e. The van der Waals surface area contributed by atoms with E-state index in [0.717, 1.165) is 19.0 Å². The topological polar surface area (TPSA) is 53.0 Å². The molecule has 0 aromatic rings. The molecule has 1 rings (SSSR count). The summed E-state index contributed by atoms with van der Waals surface area (Å²) < 4.78 is 0. The van der Waals surface area contributed by atoms with E-state index in [-0.39, 0.29) is 0 Å². The van der Waals surface area contributed by atoms with Gasteiger partial charge in [-0.25, -0.2) is 0 Å². The van der Waals surface area contributed by atoms with E-state index in [1.54, 1.807) is 6.92 Å². The highest BCUT2D eigenvalue weighted by atomic mass is 15.1. The fourth-order valence-electron chi connectivity index (χ4n) is 2.05. The highest BCUT2D eigenvalue weighted by Gasteiger charge is 2.25. The molecule has 3 nitrogen and oxygen atoms in total. The van der Waals surface area contributed by atoms with Crippen molar-refractivity contribution >= 4 is 0 Å². The second-order valence-corrected chi connectivity index (χ2v) is 4.66. The van der Waals surface area contributed by atoms with Crippen LogP contribution in [0.3, 0.4) is 0 Å². The molecule has 14 heavy (non-hydrogen) atoms. The van der Waals surface area contributed by atoms with Gasteiger partial charge in [-0.1, -0.05) is 13.3 Å². The molecular formula is C11H21N3. The molecule has 1 atom stereocenters. The number of nitrogens with zero attached hydrogens (tertiary/aromatic N) is 2. The second-order valence-electron chi connectivity index (χ2n) is 4.66. The Morgan fingerprint density at radius 3 is 2.50 bits per heavy atom. The van der Waals surface area contributed by atoms with Crippen LogP contribution in [-0.4, -0.2) is 30.1 Å². The Kier molecular flexibility index (Phi) is 3.91. The first-order valence-corrected chi connectivity index (χ1v) is 5.50. The molecule has 1 unspecified atom stereocenters. The standard InChI is InChI=1S/C11H21N3/c1-3-10-4-6-14(7-5-10)9-11(2,13)8-12/h10H,3-7,9,13H2,1-2H3. The van der Waals surface area contributed by atoms with Gasteiger partial charge >= 0.3 is 0 Å². The van der Waals surface area contributed by atoms with E-state index >= 15 is 0 Å². The van der Waals surface area contributed by atoms with Crippen LogP contribution in [0.5, 0.6) is 0 Å². The van der Waals surface area contributed by atoms with Crippen LogP contribution in [0.2, 0.25) is 0 Å². The third-order valence-electron chi connectivity index (χ3n) is 3.09. The van der Waals surface area contributed by atoms with Crippen molar-refractivity contribution in [1.29, 1.82) is 5.26 Å². The van der Waals surface area contributed by atoms with Crippen molar-refractivity contribution in [2.45, 2.75) is 38.6 Å². The minimum atomic E-state index is -0.681. The van der Waals surface area contributed by atoms with E-state index in [1.807, 2.05) is 0 Å². The lowest BCUT2D eigenvalue weighted by atomic mass is 9.93. The monoisotopic (exact) mass is 195 g/mol. The van der Waals surface area contributed by atoms with Gasteiger partial charge in [0.2, 0.25) is 0 Å². The Bertz CT molecular complexity index is 209. The summed E-state index contributed by atoms with van der Waals surface area (Å²) in [6, 6.07) is 2.15. The predicted molar refractivity (Wildman–Crippen MR) is 57.7 cm³/mol. The summed E-state index contributed by atoms with van der Waals surface area (Å²) in [4.78, 5) is 2.31. The van der Waals surface area contributed by atoms with Crippen LogP contribution in [0.15, 0.2) is 0 Å². The van der Waals surface area contributed by atoms with Gasteiger partial charge in [0.05, 0.1) is 6.07 Å². The maximum absolute atomic E-state index is 8.82. The van der Waals surface area contributed by atoms with Gasteiger partial charge in [0.1, 0.15) is 5.54 Å². The van der Waals surface area contributed by atoms with Gasteiger partial charge < -0.3 is 10.6 Å². The van der Waals surface area contributed by atoms with E-state index in [9.17, 15) is 0 Å². The van der Waals surface area contributed by atoms with Crippen molar-refractivity contribution in [1.82, 2.24) is 4.90 Å². The molecule has 0 saturated carbocycles. The molecule has 0 radical (unpaired) electrons. The first-order valence-electron chi connectivity index (χ1n) is 5.50. The highest BCUT2D eigenvalue weighted by molar-refractivity contribution is 5.03. The van der Waals surface area contributed by atoms with E-state index in [1.165, 1.54) is 19.3 Å². The molecular weight excluding hydrogens is 174 g/mol. The maximum atomic E-state index is 8.82. The Hall–Kier alpha value is -0.590. The molecule has 80 valence electrons. The predicted octanol–water partition coefficient (Wildman–Crippen LogP) is 1.35. The Morgan fingerprint density at radius 1 is 1.50 bits per heavy atom. The molecule has 0 aromatic carbocycles. The molecule has 3 heteroatoms. The molecule has 2 N–H and O–H groups in total. The number of likely N-dealkylation sites (tertiary alicyclic amines) is 1. The molecule has 1 aliphatic rings. The molecule has 1 heterocycles. The molecule has 1 aliphatic heterocycles. The van der Waals surface area contributed by atoms with Crippen molar-refractivity contribution in [2.75, 3.05) is 19.6 Å². The third kappa shape index (κ3) is 3.28. The van der Waals surface area contributed by atoms with Crippen LogP contribution in [-0.2, 0) is 0 Å². The summed E-state index contributed by atoms with van der Waals surface area (Å²) in [6.07, 6.45) is 3.81. The lowest BCUT2D eigenvalue weighted by molar-refractivity contribution is 0.164. The summed E-state index contributed by atoms with van der Waals surface area (Å²) in [5.41, 5.74) is 5.13. The molecule has 0 spiro atoms. The van der Waals surface area contributed by atoms with Crippen molar-refractivity contribution in [2.24, 2.45) is 11.7 Å². The minimum absolute atomic E-state index is 0.681. The quantitative estimate of drug-likeness (QED) is 0.739. The van der Waals surface area contributed by atoms with Crippen molar-refractivity contribution in [3.63, 3.8) is 0 Å². The lowest BCUT2D eigenvalue weighted by Gasteiger charge is -2.34. The van der Waals surface area contributed by atoms with Gasteiger partial charge in [-0.2, -0.15) is 5.26 Å². The summed E-state index contributed by atoms with van der Waals surface area (Å²) in [5.74, 6) is 0.886. The van der Waals surface area contributed by atoms with Crippen LogP contribution >= 0.6 is 0 Å². The van der Waals surface area contributed by atoms with Gasteiger partial charge in [0.25, 0.3) is 0 Å². The fraction of sp³-hybridized carbons (Fsp3) is 0.909. The van der Waals surface area contributed by atoms with E-state index in [2.05, 4.69) is 17.9 Å². The summed E-state index contributed by atoms with van der Waals surface area (Å²) in [6.45, 7) is 6.97. The van der Waals surface area contributed by atoms with Gasteiger partial charge in [0, 0.05) is 6.54 Å². The van der Waals surface area contributed by atoms with Crippen molar-refractivity contribution in [3.8, 4) is 6.07 Å². The number of rotatable bonds is 3. The zero-order chi connectivity index (χ0) is 10.6. The van der Waals surface area contributed by atoms with E-state index < -0.39 is 5.54 Å². The van der Waals surface area contributed by atoms with Crippen LogP contribution in [0.1, 0.15) is 33.1 Å². The van der Waals surface area contributed by atoms with Crippen LogP contribution < -0.4 is 5.73 Å². The van der Waals surface area contributed by atoms with Gasteiger partial charge in [-0.05, 0) is 38.8 Å². The summed E-state index contributed by atoms with van der Waals surface area (Å²) in [7, 11) is 0. The minimum Gasteiger partial charge on any atom is -0.313 e. The Morgan fingerprint density at radius 2 is 2.07 bits per heavy atom. The number of nitrogens with two attached hydrogens (primary N) is 1. The Balaban J connectivity index is 2.33. The molecule has 0 aliphatic carbocycles. The second kappa shape index (κ2) is 4.77. The average molecular weight is 195 g/mol.